The molecular weight excluding hydrogens is 410 g/mol. The lowest BCUT2D eigenvalue weighted by atomic mass is 10.1. The summed E-state index contributed by atoms with van der Waals surface area (Å²) in [4.78, 5) is 12.7. The van der Waals surface area contributed by atoms with E-state index in [4.69, 9.17) is 0 Å². The number of carbonyl (C=O) groups is 1. The Kier molecular flexibility index (Phi) is 5.03. The van der Waals surface area contributed by atoms with Crippen LogP contribution in [0.25, 0.3) is 0 Å². The van der Waals surface area contributed by atoms with Gasteiger partial charge < -0.3 is 5.32 Å². The van der Waals surface area contributed by atoms with Gasteiger partial charge in [0, 0.05) is 11.6 Å². The molecule has 3 aromatic rings. The number of anilines is 2. The van der Waals surface area contributed by atoms with Gasteiger partial charge in [-0.3, -0.25) is 9.10 Å². The molecule has 0 bridgehead atoms. The molecule has 0 saturated heterocycles. The Balaban J connectivity index is 1.65. The van der Waals surface area contributed by atoms with Crippen LogP contribution in [-0.4, -0.2) is 20.4 Å². The summed E-state index contributed by atoms with van der Waals surface area (Å²) in [5, 5.41) is 2.24. The highest BCUT2D eigenvalue weighted by atomic mass is 32.2. The number of sulfonamides is 1. The molecule has 0 saturated carbocycles. The number of benzene rings is 3. The summed E-state index contributed by atoms with van der Waals surface area (Å²) in [6.07, 6.45) is 0.413. The molecule has 30 heavy (non-hydrogen) atoms. The molecule has 0 aliphatic carbocycles. The summed E-state index contributed by atoms with van der Waals surface area (Å²) in [6.45, 7) is 1.79. The number of nitrogens with zero attached hydrogens (tertiary/aromatic N) is 1. The van der Waals surface area contributed by atoms with Gasteiger partial charge in [-0.2, -0.15) is 0 Å². The minimum atomic E-state index is -3.76. The molecule has 0 spiro atoms. The molecule has 154 valence electrons. The van der Waals surface area contributed by atoms with Gasteiger partial charge in [0.2, 0.25) is 0 Å². The molecule has 8 heteroatoms. The molecule has 0 aromatic heterocycles. The average Bonchev–Trinajstić information content (AvgIpc) is 3.07. The third-order valence-electron chi connectivity index (χ3n) is 5.00. The molecule has 1 heterocycles. The highest BCUT2D eigenvalue weighted by Gasteiger charge is 2.36. The van der Waals surface area contributed by atoms with Crippen LogP contribution >= 0.6 is 0 Å². The van der Waals surface area contributed by atoms with Crippen LogP contribution < -0.4 is 9.62 Å². The maximum atomic E-state index is 13.8. The quantitative estimate of drug-likeness (QED) is 0.672. The van der Waals surface area contributed by atoms with Crippen molar-refractivity contribution in [2.75, 3.05) is 9.62 Å². The van der Waals surface area contributed by atoms with Crippen LogP contribution in [0.15, 0.2) is 71.6 Å². The Bertz CT molecular complexity index is 1210. The lowest BCUT2D eigenvalue weighted by molar-refractivity contribution is 0.102. The van der Waals surface area contributed by atoms with Gasteiger partial charge in [0.25, 0.3) is 15.9 Å². The van der Waals surface area contributed by atoms with Gasteiger partial charge in [0.15, 0.2) is 0 Å². The van der Waals surface area contributed by atoms with Crippen LogP contribution in [0, 0.1) is 11.6 Å². The van der Waals surface area contributed by atoms with E-state index in [1.54, 1.807) is 37.3 Å². The predicted molar refractivity (Wildman–Crippen MR) is 110 cm³/mol. The zero-order valence-corrected chi connectivity index (χ0v) is 16.8. The van der Waals surface area contributed by atoms with E-state index in [1.165, 1.54) is 28.6 Å². The normalized spacial score (nSPS) is 15.7. The monoisotopic (exact) mass is 428 g/mol. The summed E-state index contributed by atoms with van der Waals surface area (Å²) in [5.74, 6) is -2.43. The van der Waals surface area contributed by atoms with Crippen LogP contribution in [-0.2, 0) is 16.4 Å². The SMILES string of the molecule is C[C@H]1Cc2cc(C(=O)Nc3c(F)cccc3F)ccc2N1S(=O)(=O)c1ccccc1. The Morgan fingerprint density at radius 2 is 1.67 bits per heavy atom. The van der Waals surface area contributed by atoms with Crippen molar-refractivity contribution >= 4 is 27.3 Å². The summed E-state index contributed by atoms with van der Waals surface area (Å²) >= 11 is 0. The number of hydrogen-bond donors (Lipinski definition) is 1. The van der Waals surface area contributed by atoms with Gasteiger partial charge in [0.1, 0.15) is 17.3 Å². The van der Waals surface area contributed by atoms with Crippen molar-refractivity contribution in [3.8, 4) is 0 Å². The van der Waals surface area contributed by atoms with Crippen LogP contribution in [0.2, 0.25) is 0 Å². The van der Waals surface area contributed by atoms with Gasteiger partial charge in [0.05, 0.1) is 10.6 Å². The second kappa shape index (κ2) is 7.53. The molecule has 1 aliphatic heterocycles. The molecule has 1 N–H and O–H groups in total. The zero-order valence-electron chi connectivity index (χ0n) is 16.0. The number of hydrogen-bond acceptors (Lipinski definition) is 3. The van der Waals surface area contributed by atoms with Crippen molar-refractivity contribution in [3.05, 3.63) is 89.5 Å². The molecule has 1 atom stereocenters. The van der Waals surface area contributed by atoms with E-state index in [2.05, 4.69) is 5.32 Å². The molecule has 0 radical (unpaired) electrons. The number of nitrogens with one attached hydrogen (secondary N) is 1. The van der Waals surface area contributed by atoms with Crippen molar-refractivity contribution < 1.29 is 22.0 Å². The highest BCUT2D eigenvalue weighted by molar-refractivity contribution is 7.92. The molecule has 5 nitrogen and oxygen atoms in total. The van der Waals surface area contributed by atoms with Crippen LogP contribution in [0.1, 0.15) is 22.8 Å². The second-order valence-electron chi connectivity index (χ2n) is 7.06. The third kappa shape index (κ3) is 3.43. The van der Waals surface area contributed by atoms with Gasteiger partial charge in [-0.1, -0.05) is 24.3 Å². The summed E-state index contributed by atoms with van der Waals surface area (Å²) in [6, 6.07) is 15.6. The first-order valence-corrected chi connectivity index (χ1v) is 10.7. The molecule has 4 rings (SSSR count). The third-order valence-corrected chi connectivity index (χ3v) is 6.94. The van der Waals surface area contributed by atoms with Gasteiger partial charge in [-0.15, -0.1) is 0 Å². The number of fused-ring (bicyclic) bond motifs is 1. The topological polar surface area (TPSA) is 66.5 Å². The summed E-state index contributed by atoms with van der Waals surface area (Å²) in [7, 11) is -3.76. The van der Waals surface area contributed by atoms with Crippen molar-refractivity contribution in [3.63, 3.8) is 0 Å². The smallest absolute Gasteiger partial charge is 0.264 e. The average molecular weight is 428 g/mol. The van der Waals surface area contributed by atoms with Crippen LogP contribution in [0.5, 0.6) is 0 Å². The largest absolute Gasteiger partial charge is 0.317 e. The zero-order chi connectivity index (χ0) is 21.5. The Hall–Kier alpha value is -3.26. The van der Waals surface area contributed by atoms with Crippen molar-refractivity contribution in [2.24, 2.45) is 0 Å². The lowest BCUT2D eigenvalue weighted by Gasteiger charge is -2.24. The van der Waals surface area contributed by atoms with Gasteiger partial charge in [-0.05, 0) is 61.4 Å². The van der Waals surface area contributed by atoms with Crippen molar-refractivity contribution in [1.82, 2.24) is 0 Å². The molecule has 1 amide bonds. The number of carbonyl (C=O) groups excluding carboxylic acids is 1. The van der Waals surface area contributed by atoms with Crippen molar-refractivity contribution in [2.45, 2.75) is 24.3 Å². The van der Waals surface area contributed by atoms with Crippen LogP contribution in [0.3, 0.4) is 0 Å². The van der Waals surface area contributed by atoms with E-state index in [1.807, 2.05) is 0 Å². The van der Waals surface area contributed by atoms with Gasteiger partial charge >= 0.3 is 0 Å². The number of amides is 1. The fraction of sp³-hybridized carbons (Fsp3) is 0.136. The minimum absolute atomic E-state index is 0.182. The Labute approximate surface area is 173 Å². The predicted octanol–water partition coefficient (Wildman–Crippen LogP) is 4.36. The maximum absolute atomic E-state index is 13.8. The fourth-order valence-corrected chi connectivity index (χ4v) is 5.33. The van der Waals surface area contributed by atoms with Crippen molar-refractivity contribution in [1.29, 1.82) is 0 Å². The van der Waals surface area contributed by atoms with E-state index in [-0.39, 0.29) is 16.5 Å². The minimum Gasteiger partial charge on any atom is -0.317 e. The maximum Gasteiger partial charge on any atom is 0.264 e. The lowest BCUT2D eigenvalue weighted by Crippen LogP contribution is -2.35. The molecular formula is C22H18F2N2O3S. The highest BCUT2D eigenvalue weighted by Crippen LogP contribution is 2.37. The standard InChI is InChI=1S/C22H18F2N2O3S/c1-14-12-16-13-15(22(27)25-21-18(23)8-5-9-19(21)24)10-11-20(16)26(14)30(28,29)17-6-3-2-4-7-17/h2-11,13-14H,12H2,1H3,(H,25,27)/t14-/m0/s1. The summed E-state index contributed by atoms with van der Waals surface area (Å²) < 4.78 is 55.2. The number of rotatable bonds is 4. The van der Waals surface area contributed by atoms with Gasteiger partial charge in [-0.25, -0.2) is 17.2 Å². The second-order valence-corrected chi connectivity index (χ2v) is 8.88. The number of para-hydroxylation sites is 1. The molecule has 0 fully saturated rings. The fourth-order valence-electron chi connectivity index (χ4n) is 3.62. The Morgan fingerprint density at radius 3 is 2.33 bits per heavy atom. The van der Waals surface area contributed by atoms with E-state index < -0.39 is 33.3 Å². The molecule has 3 aromatic carbocycles. The Morgan fingerprint density at radius 1 is 1.00 bits per heavy atom. The van der Waals surface area contributed by atoms with E-state index in [9.17, 15) is 22.0 Å². The van der Waals surface area contributed by atoms with E-state index >= 15 is 0 Å². The number of halogens is 2. The summed E-state index contributed by atoms with van der Waals surface area (Å²) in [5.41, 5.74) is 0.816. The van der Waals surface area contributed by atoms with E-state index in [0.717, 1.165) is 12.1 Å². The first-order valence-electron chi connectivity index (χ1n) is 9.27. The molecule has 0 unspecified atom stereocenters. The first kappa shape index (κ1) is 20.0. The first-order chi connectivity index (χ1) is 14.3. The van der Waals surface area contributed by atoms with Crippen LogP contribution in [0.4, 0.5) is 20.2 Å². The van der Waals surface area contributed by atoms with E-state index in [0.29, 0.717) is 17.7 Å². The molecule has 1 aliphatic rings.